The third kappa shape index (κ3) is 2.02. The van der Waals surface area contributed by atoms with Gasteiger partial charge >= 0.3 is 0 Å². The zero-order chi connectivity index (χ0) is 9.15. The second kappa shape index (κ2) is 3.40. The van der Waals surface area contributed by atoms with Gasteiger partial charge in [-0.1, -0.05) is 19.8 Å². The fourth-order valence-electron chi connectivity index (χ4n) is 2.06. The highest BCUT2D eigenvalue weighted by atomic mass is 15.1. The van der Waals surface area contributed by atoms with Crippen molar-refractivity contribution in [2.75, 3.05) is 11.9 Å². The van der Waals surface area contributed by atoms with Gasteiger partial charge in [0.05, 0.1) is 0 Å². The summed E-state index contributed by atoms with van der Waals surface area (Å²) in [6, 6.07) is 0. The number of aromatic amines is 1. The molecular weight excluding hydrogens is 162 g/mol. The number of nitrogens with zero attached hydrogens (tertiary/aromatic N) is 1. The molecule has 0 unspecified atom stereocenters. The molecule has 0 spiro atoms. The van der Waals surface area contributed by atoms with Crippen molar-refractivity contribution < 1.29 is 0 Å². The zero-order valence-corrected chi connectivity index (χ0v) is 8.14. The van der Waals surface area contributed by atoms with Crippen LogP contribution in [-0.4, -0.2) is 16.5 Å². The predicted octanol–water partition coefficient (Wildman–Crippen LogP) is 2.40. The van der Waals surface area contributed by atoms with Gasteiger partial charge in [0.15, 0.2) is 5.95 Å². The van der Waals surface area contributed by atoms with Crippen LogP contribution in [0.1, 0.15) is 32.6 Å². The molecule has 0 radical (unpaired) electrons. The molecule has 2 rings (SSSR count). The Hall–Kier alpha value is -0.990. The Kier molecular flexibility index (Phi) is 2.25. The highest BCUT2D eigenvalue weighted by Crippen LogP contribution is 2.37. The molecule has 1 aliphatic rings. The molecule has 1 fully saturated rings. The maximum Gasteiger partial charge on any atom is 0.200 e. The Morgan fingerprint density at radius 3 is 2.92 bits per heavy atom. The number of imidazole rings is 1. The summed E-state index contributed by atoms with van der Waals surface area (Å²) < 4.78 is 0. The second-order valence-corrected chi connectivity index (χ2v) is 4.31. The molecule has 0 atom stereocenters. The number of hydrogen-bond acceptors (Lipinski definition) is 2. The van der Waals surface area contributed by atoms with Crippen molar-refractivity contribution in [3.05, 3.63) is 12.4 Å². The molecule has 0 bridgehead atoms. The highest BCUT2D eigenvalue weighted by Gasteiger charge is 2.28. The summed E-state index contributed by atoms with van der Waals surface area (Å²) in [5.41, 5.74) is 0.493. The minimum atomic E-state index is 0.493. The molecular formula is C10H17N3. The van der Waals surface area contributed by atoms with Crippen LogP contribution < -0.4 is 5.32 Å². The van der Waals surface area contributed by atoms with Crippen LogP contribution in [0.25, 0.3) is 0 Å². The first-order valence-corrected chi connectivity index (χ1v) is 5.02. The van der Waals surface area contributed by atoms with E-state index >= 15 is 0 Å². The third-order valence-corrected chi connectivity index (χ3v) is 2.99. The SMILES string of the molecule is CC1(CNc2ncc[nH]2)CCCC1. The first kappa shape index (κ1) is 8.60. The van der Waals surface area contributed by atoms with Gasteiger partial charge in [-0.2, -0.15) is 0 Å². The number of nitrogens with one attached hydrogen (secondary N) is 2. The zero-order valence-electron chi connectivity index (χ0n) is 8.14. The molecule has 72 valence electrons. The van der Waals surface area contributed by atoms with Crippen LogP contribution in [-0.2, 0) is 0 Å². The minimum absolute atomic E-state index is 0.493. The monoisotopic (exact) mass is 179 g/mol. The molecule has 3 heteroatoms. The number of H-pyrrole nitrogens is 1. The second-order valence-electron chi connectivity index (χ2n) is 4.31. The summed E-state index contributed by atoms with van der Waals surface area (Å²) >= 11 is 0. The van der Waals surface area contributed by atoms with Gasteiger partial charge in [0.1, 0.15) is 0 Å². The number of hydrogen-bond donors (Lipinski definition) is 2. The summed E-state index contributed by atoms with van der Waals surface area (Å²) in [5.74, 6) is 0.896. The Morgan fingerprint density at radius 2 is 2.31 bits per heavy atom. The van der Waals surface area contributed by atoms with Crippen LogP contribution in [0.4, 0.5) is 5.95 Å². The average molecular weight is 179 g/mol. The minimum Gasteiger partial charge on any atom is -0.355 e. The van der Waals surface area contributed by atoms with E-state index in [0.29, 0.717) is 5.41 Å². The van der Waals surface area contributed by atoms with E-state index in [0.717, 1.165) is 12.5 Å². The lowest BCUT2D eigenvalue weighted by Crippen LogP contribution is -2.23. The first-order chi connectivity index (χ1) is 6.29. The lowest BCUT2D eigenvalue weighted by Gasteiger charge is -2.23. The van der Waals surface area contributed by atoms with Gasteiger partial charge in [-0.15, -0.1) is 0 Å². The summed E-state index contributed by atoms with van der Waals surface area (Å²) in [6.45, 7) is 3.40. The molecule has 1 heterocycles. The van der Waals surface area contributed by atoms with Crippen molar-refractivity contribution in [2.24, 2.45) is 5.41 Å². The predicted molar refractivity (Wildman–Crippen MR) is 53.7 cm³/mol. The quantitative estimate of drug-likeness (QED) is 0.748. The molecule has 13 heavy (non-hydrogen) atoms. The average Bonchev–Trinajstić information content (AvgIpc) is 2.72. The van der Waals surface area contributed by atoms with Gasteiger partial charge in [-0.3, -0.25) is 0 Å². The fourth-order valence-corrected chi connectivity index (χ4v) is 2.06. The van der Waals surface area contributed by atoms with E-state index in [-0.39, 0.29) is 0 Å². The van der Waals surface area contributed by atoms with Gasteiger partial charge in [0.2, 0.25) is 0 Å². The van der Waals surface area contributed by atoms with Crippen molar-refractivity contribution in [2.45, 2.75) is 32.6 Å². The smallest absolute Gasteiger partial charge is 0.200 e. The van der Waals surface area contributed by atoms with Crippen molar-refractivity contribution in [3.63, 3.8) is 0 Å². The number of anilines is 1. The fraction of sp³-hybridized carbons (Fsp3) is 0.700. The lowest BCUT2D eigenvalue weighted by atomic mass is 9.89. The van der Waals surface area contributed by atoms with Crippen LogP contribution in [0.5, 0.6) is 0 Å². The van der Waals surface area contributed by atoms with Crippen LogP contribution in [0.15, 0.2) is 12.4 Å². The summed E-state index contributed by atoms with van der Waals surface area (Å²) in [7, 11) is 0. The van der Waals surface area contributed by atoms with Crippen LogP contribution in [0.3, 0.4) is 0 Å². The molecule has 0 amide bonds. The van der Waals surface area contributed by atoms with Crippen molar-refractivity contribution in [1.82, 2.24) is 9.97 Å². The molecule has 1 aromatic heterocycles. The Morgan fingerprint density at radius 1 is 1.54 bits per heavy atom. The van der Waals surface area contributed by atoms with Gasteiger partial charge in [0, 0.05) is 18.9 Å². The Balaban J connectivity index is 1.85. The largest absolute Gasteiger partial charge is 0.355 e. The van der Waals surface area contributed by atoms with Crippen molar-refractivity contribution in [3.8, 4) is 0 Å². The van der Waals surface area contributed by atoms with Crippen LogP contribution in [0.2, 0.25) is 0 Å². The normalized spacial score (nSPS) is 20.4. The van der Waals surface area contributed by atoms with E-state index in [1.54, 1.807) is 6.20 Å². The lowest BCUT2D eigenvalue weighted by molar-refractivity contribution is 0.361. The van der Waals surface area contributed by atoms with Gasteiger partial charge < -0.3 is 10.3 Å². The summed E-state index contributed by atoms with van der Waals surface area (Å²) in [5, 5.41) is 3.34. The van der Waals surface area contributed by atoms with Crippen LogP contribution >= 0.6 is 0 Å². The van der Waals surface area contributed by atoms with Crippen LogP contribution in [0, 0.1) is 5.41 Å². The maximum atomic E-state index is 4.14. The number of rotatable bonds is 3. The van der Waals surface area contributed by atoms with E-state index in [4.69, 9.17) is 0 Å². The first-order valence-electron chi connectivity index (χ1n) is 5.02. The summed E-state index contributed by atoms with van der Waals surface area (Å²) in [6.07, 6.45) is 9.09. The van der Waals surface area contributed by atoms with E-state index in [9.17, 15) is 0 Å². The van der Waals surface area contributed by atoms with Crippen molar-refractivity contribution >= 4 is 5.95 Å². The number of aromatic nitrogens is 2. The molecule has 1 aliphatic carbocycles. The standard InChI is InChI=1S/C10H17N3/c1-10(4-2-3-5-10)8-13-9-11-6-7-12-9/h6-7H,2-5,8H2,1H3,(H2,11,12,13). The van der Waals surface area contributed by atoms with Crippen molar-refractivity contribution in [1.29, 1.82) is 0 Å². The van der Waals surface area contributed by atoms with Gasteiger partial charge in [-0.05, 0) is 18.3 Å². The van der Waals surface area contributed by atoms with E-state index < -0.39 is 0 Å². The molecule has 0 aromatic carbocycles. The Labute approximate surface area is 79.0 Å². The van der Waals surface area contributed by atoms with E-state index in [2.05, 4.69) is 22.2 Å². The van der Waals surface area contributed by atoms with Gasteiger partial charge in [-0.25, -0.2) is 4.98 Å². The molecule has 3 nitrogen and oxygen atoms in total. The third-order valence-electron chi connectivity index (χ3n) is 2.99. The van der Waals surface area contributed by atoms with E-state index in [1.165, 1.54) is 25.7 Å². The van der Waals surface area contributed by atoms with Gasteiger partial charge in [0.25, 0.3) is 0 Å². The summed E-state index contributed by atoms with van der Waals surface area (Å²) in [4.78, 5) is 7.20. The Bertz CT molecular complexity index is 247. The molecule has 2 N–H and O–H groups in total. The van der Waals surface area contributed by atoms with E-state index in [1.807, 2.05) is 6.20 Å². The molecule has 1 aromatic rings. The molecule has 0 saturated heterocycles. The molecule has 1 saturated carbocycles. The molecule has 0 aliphatic heterocycles. The highest BCUT2D eigenvalue weighted by molar-refractivity contribution is 5.23. The maximum absolute atomic E-state index is 4.14. The topological polar surface area (TPSA) is 40.7 Å².